The fraction of sp³-hybridized carbons (Fsp3) is 0.421. The van der Waals surface area contributed by atoms with Crippen LogP contribution in [0, 0.1) is 18.8 Å². The molecular formula is C38H40ClN9O5. The van der Waals surface area contributed by atoms with Crippen molar-refractivity contribution in [3.8, 4) is 11.3 Å². The summed E-state index contributed by atoms with van der Waals surface area (Å²) in [5.41, 5.74) is 3.39. The van der Waals surface area contributed by atoms with E-state index < -0.39 is 11.5 Å². The normalized spacial score (nSPS) is 22.6. The van der Waals surface area contributed by atoms with E-state index in [1.807, 2.05) is 68.7 Å². The topological polar surface area (TPSA) is 147 Å². The zero-order chi connectivity index (χ0) is 36.4. The third kappa shape index (κ3) is 5.66. The first-order chi connectivity index (χ1) is 25.7. The summed E-state index contributed by atoms with van der Waals surface area (Å²) in [4.78, 5) is 34.8. The average molecular weight is 738 g/mol. The van der Waals surface area contributed by atoms with Crippen LogP contribution in [0.3, 0.4) is 0 Å². The van der Waals surface area contributed by atoms with Crippen LogP contribution in [-0.2, 0) is 35.6 Å². The number of carbonyl (C=O) groups is 1. The number of ether oxygens (including phenoxy) is 2. The molecule has 1 amide bonds. The van der Waals surface area contributed by atoms with E-state index in [0.29, 0.717) is 65.3 Å². The van der Waals surface area contributed by atoms with Crippen molar-refractivity contribution in [1.82, 2.24) is 39.6 Å². The molecule has 14 nitrogen and oxygen atoms in total. The molecule has 6 heterocycles. The number of piperidine rings is 1. The van der Waals surface area contributed by atoms with Crippen molar-refractivity contribution < 1.29 is 18.8 Å². The van der Waals surface area contributed by atoms with Crippen molar-refractivity contribution in [1.29, 1.82) is 0 Å². The number of aromatic nitrogens is 7. The first-order valence-corrected chi connectivity index (χ1v) is 18.5. The first-order valence-electron chi connectivity index (χ1n) is 18.1. The van der Waals surface area contributed by atoms with E-state index in [1.165, 1.54) is 0 Å². The predicted molar refractivity (Wildman–Crippen MR) is 198 cm³/mol. The Hall–Kier alpha value is -5.21. The fourth-order valence-corrected chi connectivity index (χ4v) is 8.88. The Morgan fingerprint density at radius 2 is 1.94 bits per heavy atom. The number of nitrogens with zero attached hydrogens (tertiary/aromatic N) is 8. The number of rotatable bonds is 8. The van der Waals surface area contributed by atoms with Crippen LogP contribution in [0.5, 0.6) is 0 Å². The highest BCUT2D eigenvalue weighted by Gasteiger charge is 2.68. The minimum absolute atomic E-state index is 0.120. The summed E-state index contributed by atoms with van der Waals surface area (Å²) >= 11 is 7.00. The number of benzene rings is 2. The highest BCUT2D eigenvalue weighted by molar-refractivity contribution is 6.38. The van der Waals surface area contributed by atoms with E-state index in [9.17, 15) is 9.59 Å². The number of amides is 1. The van der Waals surface area contributed by atoms with Crippen LogP contribution in [0.2, 0.25) is 5.02 Å². The van der Waals surface area contributed by atoms with Gasteiger partial charge in [0.25, 0.3) is 5.56 Å². The quantitative estimate of drug-likeness (QED) is 0.208. The van der Waals surface area contributed by atoms with E-state index in [1.54, 1.807) is 21.0 Å². The third-order valence-electron chi connectivity index (χ3n) is 11.3. The van der Waals surface area contributed by atoms with Gasteiger partial charge in [0, 0.05) is 69.0 Å². The molecule has 2 saturated heterocycles. The number of nitrogens with one attached hydrogen (secondary N) is 1. The Labute approximate surface area is 309 Å². The molecule has 1 saturated carbocycles. The zero-order valence-electron chi connectivity index (χ0n) is 29.8. The number of anilines is 1. The summed E-state index contributed by atoms with van der Waals surface area (Å²) in [7, 11) is 3.60. The van der Waals surface area contributed by atoms with Gasteiger partial charge in [-0.05, 0) is 62.1 Å². The molecular weight excluding hydrogens is 698 g/mol. The highest BCUT2D eigenvalue weighted by Crippen LogP contribution is 2.63. The van der Waals surface area contributed by atoms with E-state index in [-0.39, 0.29) is 30.2 Å². The minimum atomic E-state index is -0.486. The Morgan fingerprint density at radius 3 is 2.72 bits per heavy atom. The number of hydrogen-bond donors (Lipinski definition) is 1. The number of halogens is 1. The maximum atomic E-state index is 14.5. The summed E-state index contributed by atoms with van der Waals surface area (Å²) in [5, 5.41) is 18.6. The van der Waals surface area contributed by atoms with E-state index in [0.717, 1.165) is 47.8 Å². The second-order valence-corrected chi connectivity index (χ2v) is 14.9. The number of aryl methyl sites for hydroxylation is 2. The van der Waals surface area contributed by atoms with Crippen LogP contribution in [0.4, 0.5) is 10.7 Å². The molecule has 0 spiro atoms. The van der Waals surface area contributed by atoms with Crippen molar-refractivity contribution >= 4 is 45.6 Å². The zero-order valence-corrected chi connectivity index (χ0v) is 30.5. The molecule has 2 aliphatic heterocycles. The monoisotopic (exact) mass is 737 g/mol. The Morgan fingerprint density at radius 1 is 1.09 bits per heavy atom. The van der Waals surface area contributed by atoms with Gasteiger partial charge in [0.15, 0.2) is 11.9 Å². The molecule has 3 fully saturated rings. The maximum absolute atomic E-state index is 14.5. The van der Waals surface area contributed by atoms with Crippen LogP contribution in [-0.4, -0.2) is 66.6 Å². The minimum Gasteiger partial charge on any atom is -0.445 e. The van der Waals surface area contributed by atoms with Gasteiger partial charge in [-0.1, -0.05) is 47.1 Å². The summed E-state index contributed by atoms with van der Waals surface area (Å²) in [6.07, 6.45) is 4.53. The SMILES string of the molecule is Cc1cc(C2(CNC(=O)OCc3ccccc3)C3CCN(c4nc5c(c(-c6ccc7nn(C)cc7c6Cl)nn5C5CCCCO5)c(=O)n4C)CC32)no1. The number of hydrogen-bond acceptors (Lipinski definition) is 10. The maximum Gasteiger partial charge on any atom is 0.407 e. The summed E-state index contributed by atoms with van der Waals surface area (Å²) < 4.78 is 22.4. The van der Waals surface area contributed by atoms with Crippen LogP contribution in [0.15, 0.2) is 64.0 Å². The standard InChI is InChI=1S/C38H40ClN9O5/c1-22-17-29(44-53-22)38(21-40-37(50)52-20-23-9-5-4-6-10-23)26-14-15-47(19-27(26)38)36-41-34-31(35(49)46(36)3)33(43-48(34)30-11-7-8-16-51-30)24-12-13-28-25(32(24)39)18-45(2)42-28/h4-6,9-10,12-13,17-18,26-27,30H,7-8,11,14-16,19-21H2,1-3H3,(H,40,50). The summed E-state index contributed by atoms with van der Waals surface area (Å²) in [6.45, 7) is 4.27. The molecule has 3 aliphatic rings. The van der Waals surface area contributed by atoms with Crippen LogP contribution in [0.1, 0.15) is 48.9 Å². The third-order valence-corrected chi connectivity index (χ3v) is 11.7. The van der Waals surface area contributed by atoms with Gasteiger partial charge in [-0.2, -0.15) is 15.2 Å². The molecule has 1 aliphatic carbocycles. The lowest BCUT2D eigenvalue weighted by molar-refractivity contribution is -0.0368. The average Bonchev–Trinajstić information content (AvgIpc) is 3.53. The second-order valence-electron chi connectivity index (χ2n) is 14.5. The molecule has 4 aromatic heterocycles. The van der Waals surface area contributed by atoms with Crippen LogP contribution < -0.4 is 15.8 Å². The lowest BCUT2D eigenvalue weighted by Gasteiger charge is -2.29. The fourth-order valence-electron chi connectivity index (χ4n) is 8.58. The number of fused-ring (bicyclic) bond motifs is 3. The molecule has 1 N–H and O–H groups in total. The molecule has 4 unspecified atom stereocenters. The van der Waals surface area contributed by atoms with Gasteiger partial charge in [0.05, 0.1) is 16.2 Å². The lowest BCUT2D eigenvalue weighted by atomic mass is 9.96. The smallest absolute Gasteiger partial charge is 0.407 e. The molecule has 0 radical (unpaired) electrons. The highest BCUT2D eigenvalue weighted by atomic mass is 35.5. The number of carbonyl (C=O) groups excluding carboxylic acids is 1. The predicted octanol–water partition coefficient (Wildman–Crippen LogP) is 5.65. The van der Waals surface area contributed by atoms with Crippen molar-refractivity contribution in [2.45, 2.75) is 50.9 Å². The largest absolute Gasteiger partial charge is 0.445 e. The molecule has 274 valence electrons. The molecule has 15 heteroatoms. The molecule has 4 atom stereocenters. The van der Waals surface area contributed by atoms with E-state index in [2.05, 4.69) is 20.5 Å². The van der Waals surface area contributed by atoms with Crippen molar-refractivity contribution in [2.75, 3.05) is 31.1 Å². The van der Waals surface area contributed by atoms with Crippen LogP contribution >= 0.6 is 11.6 Å². The van der Waals surface area contributed by atoms with Gasteiger partial charge in [-0.25, -0.2) is 9.48 Å². The molecule has 2 aromatic carbocycles. The molecule has 0 bridgehead atoms. The van der Waals surface area contributed by atoms with Crippen molar-refractivity contribution in [3.63, 3.8) is 0 Å². The van der Waals surface area contributed by atoms with Gasteiger partial charge in [0.2, 0.25) is 5.95 Å². The van der Waals surface area contributed by atoms with Crippen molar-refractivity contribution in [3.05, 3.63) is 87.1 Å². The second kappa shape index (κ2) is 13.0. The van der Waals surface area contributed by atoms with E-state index >= 15 is 0 Å². The van der Waals surface area contributed by atoms with Gasteiger partial charge in [-0.15, -0.1) is 0 Å². The number of alkyl carbamates (subject to hydrolysis) is 1. The molecule has 6 aromatic rings. The van der Waals surface area contributed by atoms with Crippen molar-refractivity contribution in [2.24, 2.45) is 25.9 Å². The van der Waals surface area contributed by atoms with Gasteiger partial charge >= 0.3 is 6.09 Å². The van der Waals surface area contributed by atoms with Crippen LogP contribution in [0.25, 0.3) is 33.2 Å². The Kier molecular flexibility index (Phi) is 8.26. The first kappa shape index (κ1) is 33.6. The molecule has 53 heavy (non-hydrogen) atoms. The lowest BCUT2D eigenvalue weighted by Crippen LogP contribution is -2.38. The van der Waals surface area contributed by atoms with E-state index in [4.69, 9.17) is 35.7 Å². The van der Waals surface area contributed by atoms with Gasteiger partial charge in [0.1, 0.15) is 23.4 Å². The Bertz CT molecular complexity index is 2410. The summed E-state index contributed by atoms with van der Waals surface area (Å²) in [5.74, 6) is 1.62. The van der Waals surface area contributed by atoms with Gasteiger partial charge < -0.3 is 24.2 Å². The summed E-state index contributed by atoms with van der Waals surface area (Å²) in [6, 6.07) is 15.3. The molecule has 9 rings (SSSR count). The van der Waals surface area contributed by atoms with Gasteiger partial charge in [-0.3, -0.25) is 14.0 Å². The Balaban J connectivity index is 1.05.